The van der Waals surface area contributed by atoms with Crippen molar-refractivity contribution < 1.29 is 14.3 Å². The van der Waals surface area contributed by atoms with E-state index in [1.165, 1.54) is 4.90 Å². The van der Waals surface area contributed by atoms with E-state index in [-0.39, 0.29) is 30.4 Å². The molecule has 3 amide bonds. The number of nitrogens with zero attached hydrogens (tertiary/aromatic N) is 3. The zero-order chi connectivity index (χ0) is 27.3. The number of aromatic nitrogens is 2. The molecule has 0 bridgehead atoms. The van der Waals surface area contributed by atoms with E-state index in [1.807, 2.05) is 79.7 Å². The third-order valence-electron chi connectivity index (χ3n) is 6.31. The fourth-order valence-corrected chi connectivity index (χ4v) is 4.16. The number of methoxy groups -OCH3 is 1. The van der Waals surface area contributed by atoms with E-state index >= 15 is 0 Å². The summed E-state index contributed by atoms with van der Waals surface area (Å²) in [6.07, 6.45) is 0. The first-order chi connectivity index (χ1) is 18.2. The average Bonchev–Trinajstić information content (AvgIpc) is 3.31. The van der Waals surface area contributed by atoms with Crippen LogP contribution in [-0.4, -0.2) is 53.4 Å². The van der Waals surface area contributed by atoms with Crippen LogP contribution in [0.5, 0.6) is 0 Å². The Labute approximate surface area is 223 Å². The van der Waals surface area contributed by atoms with Crippen LogP contribution in [0, 0.1) is 6.92 Å². The molecule has 4 aromatic rings. The van der Waals surface area contributed by atoms with E-state index in [4.69, 9.17) is 9.84 Å². The molecule has 38 heavy (non-hydrogen) atoms. The number of amides is 3. The summed E-state index contributed by atoms with van der Waals surface area (Å²) in [6.45, 7) is 8.64. The van der Waals surface area contributed by atoms with Gasteiger partial charge in [-0.15, -0.1) is 0 Å². The molecule has 0 fully saturated rings. The first-order valence-corrected chi connectivity index (χ1v) is 12.7. The maximum atomic E-state index is 13.3. The molecule has 0 spiro atoms. The van der Waals surface area contributed by atoms with Crippen LogP contribution in [0.2, 0.25) is 0 Å². The van der Waals surface area contributed by atoms with Gasteiger partial charge in [0.15, 0.2) is 0 Å². The Morgan fingerprint density at radius 2 is 1.68 bits per heavy atom. The van der Waals surface area contributed by atoms with Crippen molar-refractivity contribution >= 4 is 34.2 Å². The highest BCUT2D eigenvalue weighted by Crippen LogP contribution is 2.27. The molecule has 0 unspecified atom stereocenters. The van der Waals surface area contributed by atoms with Crippen LogP contribution in [0.4, 0.5) is 16.3 Å². The van der Waals surface area contributed by atoms with E-state index in [9.17, 15) is 9.59 Å². The highest BCUT2D eigenvalue weighted by atomic mass is 16.5. The van der Waals surface area contributed by atoms with Crippen LogP contribution in [0.15, 0.2) is 72.8 Å². The maximum absolute atomic E-state index is 13.3. The number of benzene rings is 3. The van der Waals surface area contributed by atoms with E-state index < -0.39 is 0 Å². The van der Waals surface area contributed by atoms with Gasteiger partial charge in [-0.05, 0) is 30.0 Å². The molecule has 0 aliphatic rings. The zero-order valence-corrected chi connectivity index (χ0v) is 22.6. The molecule has 8 nitrogen and oxygen atoms in total. The van der Waals surface area contributed by atoms with Gasteiger partial charge in [0, 0.05) is 30.5 Å². The number of nitrogens with one attached hydrogen (secondary N) is 2. The number of hydrogen-bond acceptors (Lipinski definition) is 4. The van der Waals surface area contributed by atoms with Gasteiger partial charge in [-0.3, -0.25) is 4.79 Å². The summed E-state index contributed by atoms with van der Waals surface area (Å²) in [5.74, 6) is 0.222. The minimum atomic E-state index is -0.378. The lowest BCUT2D eigenvalue weighted by atomic mass is 9.92. The number of carbonyl (C=O) groups is 2. The SMILES string of the molecule is COCCN(CC(=O)Nc1cc(C(C)(C)C)nn1-c1ccccc1C)C(=O)Nc1cccc2ccccc12. The molecule has 4 rings (SSSR count). The van der Waals surface area contributed by atoms with Crippen LogP contribution in [0.3, 0.4) is 0 Å². The van der Waals surface area contributed by atoms with Crippen molar-refractivity contribution in [3.63, 3.8) is 0 Å². The average molecular weight is 514 g/mol. The molecule has 2 N–H and O–H groups in total. The van der Waals surface area contributed by atoms with Crippen LogP contribution >= 0.6 is 0 Å². The molecular formula is C30H35N5O3. The van der Waals surface area contributed by atoms with E-state index in [1.54, 1.807) is 11.8 Å². The first-order valence-electron chi connectivity index (χ1n) is 12.7. The lowest BCUT2D eigenvalue weighted by Crippen LogP contribution is -2.42. The minimum Gasteiger partial charge on any atom is -0.383 e. The molecule has 3 aromatic carbocycles. The van der Waals surface area contributed by atoms with Crippen LogP contribution < -0.4 is 10.6 Å². The van der Waals surface area contributed by atoms with Crippen LogP contribution in [0.25, 0.3) is 16.5 Å². The van der Waals surface area contributed by atoms with Gasteiger partial charge < -0.3 is 20.3 Å². The number of carbonyl (C=O) groups excluding carboxylic acids is 2. The molecule has 0 aliphatic heterocycles. The summed E-state index contributed by atoms with van der Waals surface area (Å²) in [5.41, 5.74) is 3.23. The standard InChI is InChI=1S/C30H35N5O3/c1-21-11-6-9-16-25(21)35-27(19-26(33-35)30(2,3)4)32-28(36)20-34(17-18-38-5)29(37)31-24-15-10-13-22-12-7-8-14-23(22)24/h6-16,19H,17-18,20H2,1-5H3,(H,31,37)(H,32,36). The van der Waals surface area contributed by atoms with Gasteiger partial charge in [0.2, 0.25) is 5.91 Å². The summed E-state index contributed by atoms with van der Waals surface area (Å²) in [7, 11) is 1.57. The number of para-hydroxylation sites is 1. The van der Waals surface area contributed by atoms with Crippen molar-refractivity contribution in [2.75, 3.05) is 37.4 Å². The van der Waals surface area contributed by atoms with Gasteiger partial charge in [-0.2, -0.15) is 5.10 Å². The van der Waals surface area contributed by atoms with Gasteiger partial charge >= 0.3 is 6.03 Å². The number of rotatable bonds is 8. The quantitative estimate of drug-likeness (QED) is 0.314. The van der Waals surface area contributed by atoms with E-state index in [0.29, 0.717) is 18.1 Å². The van der Waals surface area contributed by atoms with Crippen molar-refractivity contribution in [2.24, 2.45) is 0 Å². The van der Waals surface area contributed by atoms with Crippen molar-refractivity contribution in [2.45, 2.75) is 33.1 Å². The molecule has 0 atom stereocenters. The number of fused-ring (bicyclic) bond motifs is 1. The second kappa shape index (κ2) is 11.5. The molecule has 0 saturated carbocycles. The number of anilines is 2. The van der Waals surface area contributed by atoms with Crippen LogP contribution in [0.1, 0.15) is 32.0 Å². The van der Waals surface area contributed by atoms with Crippen molar-refractivity contribution in [3.05, 3.63) is 84.1 Å². The smallest absolute Gasteiger partial charge is 0.322 e. The Hall–Kier alpha value is -4.17. The molecule has 8 heteroatoms. The Morgan fingerprint density at radius 3 is 2.42 bits per heavy atom. The highest BCUT2D eigenvalue weighted by molar-refractivity contribution is 6.03. The zero-order valence-electron chi connectivity index (χ0n) is 22.6. The van der Waals surface area contributed by atoms with Gasteiger partial charge in [0.25, 0.3) is 0 Å². The van der Waals surface area contributed by atoms with Crippen molar-refractivity contribution in [3.8, 4) is 5.69 Å². The summed E-state index contributed by atoms with van der Waals surface area (Å²) >= 11 is 0. The first kappa shape index (κ1) is 26.9. The fourth-order valence-electron chi connectivity index (χ4n) is 4.16. The van der Waals surface area contributed by atoms with Gasteiger partial charge in [-0.1, -0.05) is 75.4 Å². The summed E-state index contributed by atoms with van der Waals surface area (Å²) < 4.78 is 6.96. The molecule has 0 radical (unpaired) electrons. The predicted octanol–water partition coefficient (Wildman–Crippen LogP) is 5.75. The van der Waals surface area contributed by atoms with Gasteiger partial charge in [0.1, 0.15) is 12.4 Å². The number of urea groups is 1. The monoisotopic (exact) mass is 513 g/mol. The lowest BCUT2D eigenvalue weighted by molar-refractivity contribution is -0.116. The molecule has 1 aromatic heterocycles. The summed E-state index contributed by atoms with van der Waals surface area (Å²) in [6, 6.07) is 22.9. The minimum absolute atomic E-state index is 0.149. The largest absolute Gasteiger partial charge is 0.383 e. The Morgan fingerprint density at radius 1 is 0.974 bits per heavy atom. The van der Waals surface area contributed by atoms with E-state index in [2.05, 4.69) is 31.4 Å². The third kappa shape index (κ3) is 6.20. The molecule has 198 valence electrons. The number of aryl methyl sites for hydroxylation is 1. The summed E-state index contributed by atoms with van der Waals surface area (Å²) in [5, 5.41) is 12.7. The van der Waals surface area contributed by atoms with Gasteiger partial charge in [0.05, 0.1) is 23.7 Å². The topological polar surface area (TPSA) is 88.5 Å². The fraction of sp³-hybridized carbons (Fsp3) is 0.300. The molecule has 0 aliphatic carbocycles. The van der Waals surface area contributed by atoms with Crippen molar-refractivity contribution in [1.82, 2.24) is 14.7 Å². The van der Waals surface area contributed by atoms with Crippen LogP contribution in [-0.2, 0) is 14.9 Å². The third-order valence-corrected chi connectivity index (χ3v) is 6.31. The lowest BCUT2D eigenvalue weighted by Gasteiger charge is -2.23. The van der Waals surface area contributed by atoms with Crippen molar-refractivity contribution in [1.29, 1.82) is 0 Å². The molecular weight excluding hydrogens is 478 g/mol. The Balaban J connectivity index is 1.56. The normalized spacial score (nSPS) is 11.4. The Kier molecular flexibility index (Phi) is 8.12. The van der Waals surface area contributed by atoms with E-state index in [0.717, 1.165) is 27.7 Å². The Bertz CT molecular complexity index is 1430. The van der Waals surface area contributed by atoms with Gasteiger partial charge in [-0.25, -0.2) is 9.48 Å². The highest BCUT2D eigenvalue weighted by Gasteiger charge is 2.24. The second-order valence-corrected chi connectivity index (χ2v) is 10.3. The summed E-state index contributed by atoms with van der Waals surface area (Å²) in [4.78, 5) is 28.0. The second-order valence-electron chi connectivity index (χ2n) is 10.3. The maximum Gasteiger partial charge on any atom is 0.322 e. The number of ether oxygens (including phenoxy) is 1. The predicted molar refractivity (Wildman–Crippen MR) is 152 cm³/mol. The number of hydrogen-bond donors (Lipinski definition) is 2. The molecule has 0 saturated heterocycles. The molecule has 1 heterocycles.